The van der Waals surface area contributed by atoms with Crippen LogP contribution >= 0.6 is 11.6 Å². The van der Waals surface area contributed by atoms with Crippen LogP contribution in [-0.4, -0.2) is 17.6 Å². The van der Waals surface area contributed by atoms with E-state index in [4.69, 9.17) is 20.8 Å². The molecule has 0 unspecified atom stereocenters. The van der Waals surface area contributed by atoms with Crippen molar-refractivity contribution >= 4 is 28.7 Å². The molecule has 0 saturated heterocycles. The Labute approximate surface area is 155 Å². The number of rotatable bonds is 3. The Bertz CT molecular complexity index is 989. The summed E-state index contributed by atoms with van der Waals surface area (Å²) in [6, 6.07) is 7.95. The Morgan fingerprint density at radius 2 is 2.00 bits per heavy atom. The van der Waals surface area contributed by atoms with Gasteiger partial charge >= 0.3 is 5.97 Å². The van der Waals surface area contributed by atoms with Crippen molar-refractivity contribution in [1.29, 1.82) is 0 Å². The van der Waals surface area contributed by atoms with Crippen LogP contribution in [0.3, 0.4) is 0 Å². The topological polar surface area (TPSA) is 52.3 Å². The van der Waals surface area contributed by atoms with Crippen LogP contribution in [-0.2, 0) is 10.2 Å². The number of hydrogen-bond acceptors (Lipinski definition) is 4. The van der Waals surface area contributed by atoms with Crippen molar-refractivity contribution in [3.8, 4) is 11.3 Å². The number of furan rings is 1. The van der Waals surface area contributed by atoms with E-state index in [0.29, 0.717) is 22.4 Å². The lowest BCUT2D eigenvalue weighted by Crippen LogP contribution is -2.12. The number of aromatic nitrogens is 1. The minimum Gasteiger partial charge on any atom is -0.460 e. The minimum atomic E-state index is -0.538. The fraction of sp³-hybridized carbons (Fsp3) is 0.300. The van der Waals surface area contributed by atoms with E-state index in [9.17, 15) is 9.18 Å². The second-order valence-electron chi connectivity index (χ2n) is 6.98. The maximum Gasteiger partial charge on any atom is 0.374 e. The van der Waals surface area contributed by atoms with Crippen molar-refractivity contribution in [2.45, 2.75) is 33.1 Å². The second-order valence-corrected chi connectivity index (χ2v) is 7.39. The first-order valence-electron chi connectivity index (χ1n) is 8.28. The van der Waals surface area contributed by atoms with Crippen LogP contribution in [0.15, 0.2) is 34.7 Å². The highest BCUT2D eigenvalue weighted by Gasteiger charge is 2.24. The molecular formula is C20H19ClFNO3. The predicted molar refractivity (Wildman–Crippen MR) is 99.1 cm³/mol. The molecule has 0 bridgehead atoms. The molecule has 0 amide bonds. The summed E-state index contributed by atoms with van der Waals surface area (Å²) in [4.78, 5) is 16.5. The van der Waals surface area contributed by atoms with Gasteiger partial charge in [-0.25, -0.2) is 14.2 Å². The highest BCUT2D eigenvalue weighted by atomic mass is 35.5. The number of nitrogens with zero attached hydrogens (tertiary/aromatic N) is 1. The number of pyridine rings is 1. The number of carbonyl (C=O) groups excluding carboxylic acids is 1. The standard InChI is InChI=1S/C20H19ClFNO3/c1-5-25-19(24)17-10-16-18(26-17)12(20(2,3)4)9-15(23-16)11-6-7-13(21)14(22)8-11/h6-10H,5H2,1-4H3. The smallest absolute Gasteiger partial charge is 0.374 e. The van der Waals surface area contributed by atoms with Gasteiger partial charge in [0, 0.05) is 17.2 Å². The van der Waals surface area contributed by atoms with Crippen LogP contribution < -0.4 is 0 Å². The number of esters is 1. The van der Waals surface area contributed by atoms with E-state index in [1.807, 2.05) is 26.8 Å². The van der Waals surface area contributed by atoms with E-state index in [1.165, 1.54) is 12.1 Å². The highest BCUT2D eigenvalue weighted by molar-refractivity contribution is 6.30. The summed E-state index contributed by atoms with van der Waals surface area (Å²) >= 11 is 5.77. The van der Waals surface area contributed by atoms with Gasteiger partial charge in [-0.05, 0) is 30.5 Å². The minimum absolute atomic E-state index is 0.0544. The summed E-state index contributed by atoms with van der Waals surface area (Å²) in [5.41, 5.74) is 2.81. The van der Waals surface area contributed by atoms with Gasteiger partial charge in [0.25, 0.3) is 0 Å². The van der Waals surface area contributed by atoms with E-state index in [2.05, 4.69) is 4.98 Å². The molecule has 0 aliphatic carbocycles. The zero-order chi connectivity index (χ0) is 19.1. The monoisotopic (exact) mass is 375 g/mol. The molecule has 1 aromatic carbocycles. The van der Waals surface area contributed by atoms with Crippen molar-refractivity contribution < 1.29 is 18.3 Å². The van der Waals surface area contributed by atoms with Gasteiger partial charge in [-0.2, -0.15) is 0 Å². The summed E-state index contributed by atoms with van der Waals surface area (Å²) in [5, 5.41) is 0.0544. The van der Waals surface area contributed by atoms with Crippen molar-refractivity contribution in [1.82, 2.24) is 4.98 Å². The number of halogens is 2. The van der Waals surface area contributed by atoms with E-state index < -0.39 is 11.8 Å². The molecule has 3 rings (SSSR count). The third kappa shape index (κ3) is 3.44. The molecule has 6 heteroatoms. The number of hydrogen-bond donors (Lipinski definition) is 0. The zero-order valence-electron chi connectivity index (χ0n) is 15.0. The molecule has 26 heavy (non-hydrogen) atoms. The zero-order valence-corrected chi connectivity index (χ0v) is 15.8. The highest BCUT2D eigenvalue weighted by Crippen LogP contribution is 2.35. The van der Waals surface area contributed by atoms with Crippen LogP contribution in [0.25, 0.3) is 22.4 Å². The average Bonchev–Trinajstić information content (AvgIpc) is 2.99. The Morgan fingerprint density at radius 1 is 1.27 bits per heavy atom. The first-order valence-corrected chi connectivity index (χ1v) is 8.66. The van der Waals surface area contributed by atoms with Gasteiger partial charge in [-0.15, -0.1) is 0 Å². The second kappa shape index (κ2) is 6.72. The fourth-order valence-corrected chi connectivity index (χ4v) is 2.80. The Morgan fingerprint density at radius 3 is 2.62 bits per heavy atom. The number of benzene rings is 1. The maximum absolute atomic E-state index is 13.9. The molecule has 2 aromatic heterocycles. The summed E-state index contributed by atoms with van der Waals surface area (Å²) in [7, 11) is 0. The first kappa shape index (κ1) is 18.4. The SMILES string of the molecule is CCOC(=O)c1cc2nc(-c3ccc(Cl)c(F)c3)cc(C(C)(C)C)c2o1. The van der Waals surface area contributed by atoms with Crippen molar-refractivity contribution in [2.75, 3.05) is 6.61 Å². The summed E-state index contributed by atoms with van der Waals surface area (Å²) in [6.07, 6.45) is 0. The molecule has 0 fully saturated rings. The summed E-state index contributed by atoms with van der Waals surface area (Å²) in [5.74, 6) is -0.952. The molecule has 0 aliphatic rings. The quantitative estimate of drug-likeness (QED) is 0.546. The van der Waals surface area contributed by atoms with Gasteiger partial charge in [0.2, 0.25) is 5.76 Å². The molecule has 3 aromatic rings. The van der Waals surface area contributed by atoms with Gasteiger partial charge in [0.05, 0.1) is 17.3 Å². The Kier molecular flexibility index (Phi) is 4.76. The maximum atomic E-state index is 13.9. The molecule has 4 nitrogen and oxygen atoms in total. The van der Waals surface area contributed by atoms with Gasteiger partial charge in [0.1, 0.15) is 11.3 Å². The lowest BCUT2D eigenvalue weighted by Gasteiger charge is -2.20. The predicted octanol–water partition coefficient (Wildman–Crippen LogP) is 5.76. The molecule has 0 saturated carbocycles. The summed E-state index contributed by atoms with van der Waals surface area (Å²) in [6.45, 7) is 8.07. The lowest BCUT2D eigenvalue weighted by atomic mass is 9.86. The number of carbonyl (C=O) groups is 1. The number of fused-ring (bicyclic) bond motifs is 1. The molecule has 0 aliphatic heterocycles. The van der Waals surface area contributed by atoms with Crippen LogP contribution in [0.5, 0.6) is 0 Å². The third-order valence-electron chi connectivity index (χ3n) is 3.98. The van der Waals surface area contributed by atoms with Gasteiger partial charge < -0.3 is 9.15 Å². The molecule has 2 heterocycles. The first-order chi connectivity index (χ1) is 12.2. The number of ether oxygens (including phenoxy) is 1. The van der Waals surface area contributed by atoms with E-state index in [1.54, 1.807) is 19.1 Å². The lowest BCUT2D eigenvalue weighted by molar-refractivity contribution is 0.0492. The third-order valence-corrected chi connectivity index (χ3v) is 4.29. The van der Waals surface area contributed by atoms with E-state index in [-0.39, 0.29) is 22.8 Å². The van der Waals surface area contributed by atoms with Crippen LogP contribution in [0.4, 0.5) is 4.39 Å². The van der Waals surface area contributed by atoms with Crippen molar-refractivity contribution in [2.24, 2.45) is 0 Å². The molecule has 0 atom stereocenters. The van der Waals surface area contributed by atoms with E-state index in [0.717, 1.165) is 5.56 Å². The van der Waals surface area contributed by atoms with E-state index >= 15 is 0 Å². The Balaban J connectivity index is 2.22. The normalized spacial score (nSPS) is 11.8. The summed E-state index contributed by atoms with van der Waals surface area (Å²) < 4.78 is 24.6. The molecule has 0 N–H and O–H groups in total. The van der Waals surface area contributed by atoms with Crippen molar-refractivity contribution in [3.63, 3.8) is 0 Å². The van der Waals surface area contributed by atoms with Gasteiger partial charge in [-0.3, -0.25) is 0 Å². The van der Waals surface area contributed by atoms with Crippen molar-refractivity contribution in [3.05, 3.63) is 52.5 Å². The molecule has 0 spiro atoms. The van der Waals surface area contributed by atoms with Crippen LogP contribution in [0, 0.1) is 5.82 Å². The molecular weight excluding hydrogens is 357 g/mol. The van der Waals surface area contributed by atoms with Crippen LogP contribution in [0.1, 0.15) is 43.8 Å². The fourth-order valence-electron chi connectivity index (χ4n) is 2.68. The average molecular weight is 376 g/mol. The molecule has 136 valence electrons. The van der Waals surface area contributed by atoms with Gasteiger partial charge in [-0.1, -0.05) is 38.4 Å². The largest absolute Gasteiger partial charge is 0.460 e. The van der Waals surface area contributed by atoms with Gasteiger partial charge in [0.15, 0.2) is 5.58 Å². The Hall–Kier alpha value is -2.40. The molecule has 0 radical (unpaired) electrons. The van der Waals surface area contributed by atoms with Crippen LogP contribution in [0.2, 0.25) is 5.02 Å².